The lowest BCUT2D eigenvalue weighted by molar-refractivity contribution is 0.0947. The van der Waals surface area contributed by atoms with Crippen molar-refractivity contribution in [1.29, 1.82) is 0 Å². The first-order valence-corrected chi connectivity index (χ1v) is 8.21. The minimum atomic E-state index is -0.274. The maximum Gasteiger partial charge on any atom is 0.270 e. The minimum absolute atomic E-state index is 0.214. The summed E-state index contributed by atoms with van der Waals surface area (Å²) in [7, 11) is 3.99. The molecule has 2 aromatic rings. The number of nitrogens with one attached hydrogen (secondary N) is 2. The van der Waals surface area contributed by atoms with Crippen LogP contribution in [0.1, 0.15) is 28.2 Å². The molecule has 0 unspecified atom stereocenters. The predicted molar refractivity (Wildman–Crippen MR) is 96.0 cm³/mol. The Morgan fingerprint density at radius 2 is 1.92 bits per heavy atom. The molecule has 6 nitrogen and oxygen atoms in total. The Morgan fingerprint density at radius 1 is 1.20 bits per heavy atom. The number of anilines is 1. The maximum absolute atomic E-state index is 12.9. The van der Waals surface area contributed by atoms with E-state index in [1.165, 1.54) is 12.1 Å². The number of aryl methyl sites for hydroxylation is 1. The first-order valence-electron chi connectivity index (χ1n) is 8.21. The third-order valence-corrected chi connectivity index (χ3v) is 3.52. The SMILES string of the molecule is Cc1cc(C(=O)NCCCN(C)C)nc(NCc2ccc(F)cc2)n1. The molecule has 0 aliphatic carbocycles. The summed E-state index contributed by atoms with van der Waals surface area (Å²) >= 11 is 0. The van der Waals surface area contributed by atoms with E-state index >= 15 is 0 Å². The molecule has 0 saturated carbocycles. The Balaban J connectivity index is 1.94. The Hall–Kier alpha value is -2.54. The summed E-state index contributed by atoms with van der Waals surface area (Å²) in [5, 5.41) is 5.93. The number of carbonyl (C=O) groups is 1. The Bertz CT molecular complexity index is 703. The van der Waals surface area contributed by atoms with Crippen LogP contribution in [0.2, 0.25) is 0 Å². The molecule has 0 saturated heterocycles. The molecule has 1 heterocycles. The lowest BCUT2D eigenvalue weighted by atomic mass is 10.2. The molecule has 1 aromatic heterocycles. The minimum Gasteiger partial charge on any atom is -0.351 e. The van der Waals surface area contributed by atoms with Crippen molar-refractivity contribution in [2.75, 3.05) is 32.5 Å². The van der Waals surface area contributed by atoms with Gasteiger partial charge in [-0.25, -0.2) is 14.4 Å². The van der Waals surface area contributed by atoms with E-state index in [9.17, 15) is 9.18 Å². The van der Waals surface area contributed by atoms with Crippen LogP contribution in [0.5, 0.6) is 0 Å². The second-order valence-corrected chi connectivity index (χ2v) is 6.11. The fourth-order valence-corrected chi connectivity index (χ4v) is 2.24. The normalized spacial score (nSPS) is 10.8. The van der Waals surface area contributed by atoms with Crippen molar-refractivity contribution in [3.05, 3.63) is 53.1 Å². The van der Waals surface area contributed by atoms with Gasteiger partial charge in [0.1, 0.15) is 11.5 Å². The molecular formula is C18H24FN5O. The van der Waals surface area contributed by atoms with Gasteiger partial charge in [0.25, 0.3) is 5.91 Å². The molecule has 134 valence electrons. The molecule has 0 radical (unpaired) electrons. The van der Waals surface area contributed by atoms with Gasteiger partial charge in [-0.2, -0.15) is 0 Å². The molecule has 1 aromatic carbocycles. The van der Waals surface area contributed by atoms with Crippen molar-refractivity contribution in [2.45, 2.75) is 19.9 Å². The van der Waals surface area contributed by atoms with E-state index in [1.807, 2.05) is 21.0 Å². The van der Waals surface area contributed by atoms with Crippen molar-refractivity contribution in [3.63, 3.8) is 0 Å². The largest absolute Gasteiger partial charge is 0.351 e. The topological polar surface area (TPSA) is 70.2 Å². The van der Waals surface area contributed by atoms with Crippen molar-refractivity contribution in [1.82, 2.24) is 20.2 Å². The van der Waals surface area contributed by atoms with Gasteiger partial charge >= 0.3 is 0 Å². The van der Waals surface area contributed by atoms with Crippen LogP contribution in [0.25, 0.3) is 0 Å². The van der Waals surface area contributed by atoms with Gasteiger partial charge < -0.3 is 15.5 Å². The summed E-state index contributed by atoms with van der Waals surface area (Å²) in [6.45, 7) is 3.77. The van der Waals surface area contributed by atoms with E-state index in [-0.39, 0.29) is 11.7 Å². The maximum atomic E-state index is 12.9. The van der Waals surface area contributed by atoms with Crippen LogP contribution in [0, 0.1) is 12.7 Å². The van der Waals surface area contributed by atoms with E-state index < -0.39 is 0 Å². The summed E-state index contributed by atoms with van der Waals surface area (Å²) in [5.74, 6) is -0.111. The number of carbonyl (C=O) groups excluding carboxylic acids is 1. The fourth-order valence-electron chi connectivity index (χ4n) is 2.24. The van der Waals surface area contributed by atoms with E-state index in [0.29, 0.717) is 30.4 Å². The molecule has 1 amide bonds. The monoisotopic (exact) mass is 345 g/mol. The van der Waals surface area contributed by atoms with Crippen molar-refractivity contribution >= 4 is 11.9 Å². The van der Waals surface area contributed by atoms with Crippen LogP contribution in [0.4, 0.5) is 10.3 Å². The van der Waals surface area contributed by atoms with E-state index in [2.05, 4.69) is 25.5 Å². The molecule has 0 bridgehead atoms. The highest BCUT2D eigenvalue weighted by molar-refractivity contribution is 5.92. The number of nitrogens with zero attached hydrogens (tertiary/aromatic N) is 3. The number of rotatable bonds is 8. The molecule has 2 N–H and O–H groups in total. The van der Waals surface area contributed by atoms with Gasteiger partial charge in [-0.3, -0.25) is 4.79 Å². The zero-order chi connectivity index (χ0) is 18.2. The number of halogens is 1. The first kappa shape index (κ1) is 18.8. The lowest BCUT2D eigenvalue weighted by Gasteiger charge is -2.11. The van der Waals surface area contributed by atoms with E-state index in [1.54, 1.807) is 18.2 Å². The number of hydrogen-bond donors (Lipinski definition) is 2. The van der Waals surface area contributed by atoms with Crippen LogP contribution >= 0.6 is 0 Å². The van der Waals surface area contributed by atoms with Crippen LogP contribution in [-0.2, 0) is 6.54 Å². The molecule has 0 aliphatic rings. The van der Waals surface area contributed by atoms with Gasteiger partial charge in [0.05, 0.1) is 0 Å². The molecule has 0 fully saturated rings. The highest BCUT2D eigenvalue weighted by Crippen LogP contribution is 2.08. The van der Waals surface area contributed by atoms with Gasteiger partial charge in [0, 0.05) is 18.8 Å². The summed E-state index contributed by atoms with van der Waals surface area (Å²) < 4.78 is 12.9. The summed E-state index contributed by atoms with van der Waals surface area (Å²) in [4.78, 5) is 22.8. The third-order valence-electron chi connectivity index (χ3n) is 3.52. The van der Waals surface area contributed by atoms with E-state index in [4.69, 9.17) is 0 Å². The van der Waals surface area contributed by atoms with Crippen LogP contribution in [-0.4, -0.2) is 48.0 Å². The molecule has 25 heavy (non-hydrogen) atoms. The average Bonchev–Trinajstić information content (AvgIpc) is 2.57. The molecule has 2 rings (SSSR count). The van der Waals surface area contributed by atoms with Crippen LogP contribution in [0.3, 0.4) is 0 Å². The number of aromatic nitrogens is 2. The molecule has 0 atom stereocenters. The van der Waals surface area contributed by atoms with Gasteiger partial charge in [-0.15, -0.1) is 0 Å². The summed E-state index contributed by atoms with van der Waals surface area (Å²) in [6, 6.07) is 7.85. The Kier molecular flexibility index (Phi) is 6.82. The second-order valence-electron chi connectivity index (χ2n) is 6.11. The van der Waals surface area contributed by atoms with Gasteiger partial charge in [0.15, 0.2) is 0 Å². The highest BCUT2D eigenvalue weighted by atomic mass is 19.1. The Morgan fingerprint density at radius 3 is 2.60 bits per heavy atom. The van der Waals surface area contributed by atoms with Crippen LogP contribution in [0.15, 0.2) is 30.3 Å². The van der Waals surface area contributed by atoms with Crippen molar-refractivity contribution < 1.29 is 9.18 Å². The highest BCUT2D eigenvalue weighted by Gasteiger charge is 2.10. The van der Waals surface area contributed by atoms with E-state index in [0.717, 1.165) is 18.5 Å². The van der Waals surface area contributed by atoms with Crippen molar-refractivity contribution in [2.24, 2.45) is 0 Å². The van der Waals surface area contributed by atoms with Gasteiger partial charge in [-0.1, -0.05) is 12.1 Å². The number of amides is 1. The zero-order valence-electron chi connectivity index (χ0n) is 14.8. The zero-order valence-corrected chi connectivity index (χ0v) is 14.8. The first-order chi connectivity index (χ1) is 11.9. The quantitative estimate of drug-likeness (QED) is 0.718. The lowest BCUT2D eigenvalue weighted by Crippen LogP contribution is -2.28. The standard InChI is InChI=1S/C18H24FN5O/c1-13-11-16(17(25)20-9-4-10-24(2)3)23-18(22-13)21-12-14-5-7-15(19)8-6-14/h5-8,11H,4,9-10,12H2,1-3H3,(H,20,25)(H,21,22,23). The molecule has 0 spiro atoms. The number of hydrogen-bond acceptors (Lipinski definition) is 5. The number of benzene rings is 1. The third kappa shape index (κ3) is 6.46. The second kappa shape index (κ2) is 9.08. The predicted octanol–water partition coefficient (Wildman–Crippen LogP) is 2.22. The average molecular weight is 345 g/mol. The van der Waals surface area contributed by atoms with Crippen molar-refractivity contribution in [3.8, 4) is 0 Å². The smallest absolute Gasteiger partial charge is 0.270 e. The van der Waals surface area contributed by atoms with Gasteiger partial charge in [-0.05, 0) is 57.7 Å². The summed E-state index contributed by atoms with van der Waals surface area (Å²) in [6.07, 6.45) is 0.873. The summed E-state index contributed by atoms with van der Waals surface area (Å²) in [5.41, 5.74) is 1.94. The fraction of sp³-hybridized carbons (Fsp3) is 0.389. The molecule has 0 aliphatic heterocycles. The molecule has 7 heteroatoms. The van der Waals surface area contributed by atoms with Gasteiger partial charge in [0.2, 0.25) is 5.95 Å². The Labute approximate surface area is 147 Å². The molecular weight excluding hydrogens is 321 g/mol. The van der Waals surface area contributed by atoms with Crippen LogP contribution < -0.4 is 10.6 Å².